The summed E-state index contributed by atoms with van der Waals surface area (Å²) in [5.41, 5.74) is 5.49. The van der Waals surface area contributed by atoms with Gasteiger partial charge in [-0.2, -0.15) is 0 Å². The third-order valence-electron chi connectivity index (χ3n) is 2.13. The third kappa shape index (κ3) is 5.21. The zero-order valence-corrected chi connectivity index (χ0v) is 9.09. The maximum Gasteiger partial charge on any atom is 0.0667 e. The number of nitrogens with one attached hydrogen (secondary N) is 1. The van der Waals surface area contributed by atoms with E-state index in [1.807, 2.05) is 13.8 Å². The monoisotopic (exact) mass is 190 g/mol. The van der Waals surface area contributed by atoms with Crippen LogP contribution in [0, 0.1) is 0 Å². The van der Waals surface area contributed by atoms with Gasteiger partial charge in [0.15, 0.2) is 0 Å². The Hall–Kier alpha value is -0.160. The highest BCUT2D eigenvalue weighted by atomic mass is 16.5. The highest BCUT2D eigenvalue weighted by Crippen LogP contribution is 2.01. The Labute approximate surface area is 80.8 Å². The normalized spacial score (nSPS) is 18.2. The minimum Gasteiger partial charge on any atom is -0.383 e. The molecule has 0 amide bonds. The van der Waals surface area contributed by atoms with Crippen LogP contribution in [0.25, 0.3) is 0 Å². The maximum absolute atomic E-state index is 5.64. The van der Waals surface area contributed by atoms with Gasteiger partial charge in [0.2, 0.25) is 0 Å². The zero-order chi connectivity index (χ0) is 10.3. The lowest BCUT2D eigenvalue weighted by atomic mass is 10.0. The fourth-order valence-corrected chi connectivity index (χ4v) is 0.974. The average Bonchev–Trinajstić information content (AvgIpc) is 2.15. The molecule has 2 atom stereocenters. The standard InChI is InChI=1S/C9H22N2O2/c1-8(13-4)5-11-9(2,6-10)7-12-3/h8,11H,5-7,10H2,1-4H3. The van der Waals surface area contributed by atoms with Crippen LogP contribution in [0.3, 0.4) is 0 Å². The molecule has 80 valence electrons. The van der Waals surface area contributed by atoms with Crippen LogP contribution in [0.5, 0.6) is 0 Å². The maximum atomic E-state index is 5.64. The molecule has 0 aliphatic carbocycles. The lowest BCUT2D eigenvalue weighted by Crippen LogP contribution is -2.54. The summed E-state index contributed by atoms with van der Waals surface area (Å²) in [5, 5.41) is 3.32. The van der Waals surface area contributed by atoms with E-state index in [9.17, 15) is 0 Å². The van der Waals surface area contributed by atoms with Crippen molar-refractivity contribution >= 4 is 0 Å². The Morgan fingerprint density at radius 3 is 2.46 bits per heavy atom. The van der Waals surface area contributed by atoms with Gasteiger partial charge >= 0.3 is 0 Å². The van der Waals surface area contributed by atoms with E-state index in [4.69, 9.17) is 15.2 Å². The van der Waals surface area contributed by atoms with Crippen molar-refractivity contribution in [2.24, 2.45) is 5.73 Å². The molecule has 2 unspecified atom stereocenters. The van der Waals surface area contributed by atoms with Crippen molar-refractivity contribution in [2.45, 2.75) is 25.5 Å². The number of rotatable bonds is 7. The van der Waals surface area contributed by atoms with Crippen LogP contribution < -0.4 is 11.1 Å². The molecule has 0 aliphatic rings. The first kappa shape index (κ1) is 12.8. The molecule has 0 bridgehead atoms. The highest BCUT2D eigenvalue weighted by molar-refractivity contribution is 4.84. The Morgan fingerprint density at radius 2 is 2.08 bits per heavy atom. The average molecular weight is 190 g/mol. The summed E-state index contributed by atoms with van der Waals surface area (Å²) in [6, 6.07) is 0. The molecule has 0 aromatic heterocycles. The number of nitrogens with two attached hydrogens (primary N) is 1. The van der Waals surface area contributed by atoms with Gasteiger partial charge in [-0.25, -0.2) is 0 Å². The molecule has 4 nitrogen and oxygen atoms in total. The topological polar surface area (TPSA) is 56.5 Å². The number of hydrogen-bond acceptors (Lipinski definition) is 4. The third-order valence-corrected chi connectivity index (χ3v) is 2.13. The number of hydrogen-bond donors (Lipinski definition) is 2. The van der Waals surface area contributed by atoms with Crippen molar-refractivity contribution in [1.29, 1.82) is 0 Å². The van der Waals surface area contributed by atoms with Gasteiger partial charge in [0.1, 0.15) is 0 Å². The van der Waals surface area contributed by atoms with E-state index in [2.05, 4.69) is 5.32 Å². The van der Waals surface area contributed by atoms with E-state index in [0.29, 0.717) is 13.2 Å². The van der Waals surface area contributed by atoms with Crippen LogP contribution in [-0.4, -0.2) is 45.6 Å². The lowest BCUT2D eigenvalue weighted by Gasteiger charge is -2.29. The smallest absolute Gasteiger partial charge is 0.0667 e. The van der Waals surface area contributed by atoms with Gasteiger partial charge in [0, 0.05) is 27.3 Å². The van der Waals surface area contributed by atoms with Crippen molar-refractivity contribution in [3.05, 3.63) is 0 Å². The SMILES string of the molecule is COCC(C)(CN)NCC(C)OC. The minimum absolute atomic E-state index is 0.151. The Balaban J connectivity index is 3.82. The quantitative estimate of drug-likeness (QED) is 0.592. The Kier molecular flexibility index (Phi) is 6.24. The van der Waals surface area contributed by atoms with Crippen LogP contribution in [0.4, 0.5) is 0 Å². The van der Waals surface area contributed by atoms with Crippen molar-refractivity contribution in [3.63, 3.8) is 0 Å². The summed E-state index contributed by atoms with van der Waals surface area (Å²) in [6.07, 6.45) is 0.197. The molecule has 0 aliphatic heterocycles. The molecule has 4 heteroatoms. The summed E-state index contributed by atoms with van der Waals surface area (Å²) >= 11 is 0. The number of ether oxygens (including phenoxy) is 2. The molecule has 0 rings (SSSR count). The van der Waals surface area contributed by atoms with Gasteiger partial charge in [-0.1, -0.05) is 0 Å². The second-order valence-corrected chi connectivity index (χ2v) is 3.63. The van der Waals surface area contributed by atoms with E-state index in [1.165, 1.54) is 0 Å². The first-order valence-electron chi connectivity index (χ1n) is 4.55. The van der Waals surface area contributed by atoms with E-state index < -0.39 is 0 Å². The largest absolute Gasteiger partial charge is 0.383 e. The van der Waals surface area contributed by atoms with Crippen LogP contribution in [0.15, 0.2) is 0 Å². The van der Waals surface area contributed by atoms with E-state index in [-0.39, 0.29) is 11.6 Å². The van der Waals surface area contributed by atoms with Gasteiger partial charge < -0.3 is 20.5 Å². The molecule has 0 saturated carbocycles. The van der Waals surface area contributed by atoms with Gasteiger partial charge in [0.25, 0.3) is 0 Å². The number of methoxy groups -OCH3 is 2. The molecule has 0 spiro atoms. The Morgan fingerprint density at radius 1 is 1.46 bits per heavy atom. The molecule has 13 heavy (non-hydrogen) atoms. The van der Waals surface area contributed by atoms with E-state index in [0.717, 1.165) is 6.54 Å². The first-order valence-corrected chi connectivity index (χ1v) is 4.55. The van der Waals surface area contributed by atoms with Crippen LogP contribution in [0.1, 0.15) is 13.8 Å². The molecular formula is C9H22N2O2. The van der Waals surface area contributed by atoms with E-state index >= 15 is 0 Å². The second-order valence-electron chi connectivity index (χ2n) is 3.63. The van der Waals surface area contributed by atoms with Gasteiger partial charge in [-0.15, -0.1) is 0 Å². The Bertz CT molecular complexity index is 133. The van der Waals surface area contributed by atoms with Crippen molar-refractivity contribution in [3.8, 4) is 0 Å². The molecule has 0 heterocycles. The van der Waals surface area contributed by atoms with Crippen molar-refractivity contribution < 1.29 is 9.47 Å². The van der Waals surface area contributed by atoms with Crippen LogP contribution >= 0.6 is 0 Å². The molecule has 0 saturated heterocycles. The fourth-order valence-electron chi connectivity index (χ4n) is 0.974. The van der Waals surface area contributed by atoms with Gasteiger partial charge in [-0.05, 0) is 13.8 Å². The minimum atomic E-state index is -0.151. The zero-order valence-electron chi connectivity index (χ0n) is 9.09. The summed E-state index contributed by atoms with van der Waals surface area (Å²) in [5.74, 6) is 0. The molecule has 0 aromatic carbocycles. The summed E-state index contributed by atoms with van der Waals surface area (Å²) in [4.78, 5) is 0. The second kappa shape index (κ2) is 6.32. The molecule has 0 radical (unpaired) electrons. The molecular weight excluding hydrogens is 168 g/mol. The predicted molar refractivity (Wildman–Crippen MR) is 53.8 cm³/mol. The predicted octanol–water partition coefficient (Wildman–Crippen LogP) is -0.0253. The summed E-state index contributed by atoms with van der Waals surface area (Å²) in [6.45, 7) is 6.00. The lowest BCUT2D eigenvalue weighted by molar-refractivity contribution is 0.0849. The summed E-state index contributed by atoms with van der Waals surface area (Å²) in [7, 11) is 3.37. The van der Waals surface area contributed by atoms with Gasteiger partial charge in [0.05, 0.1) is 18.2 Å². The van der Waals surface area contributed by atoms with Crippen LogP contribution in [-0.2, 0) is 9.47 Å². The van der Waals surface area contributed by atoms with Crippen molar-refractivity contribution in [2.75, 3.05) is 33.9 Å². The first-order chi connectivity index (χ1) is 6.08. The van der Waals surface area contributed by atoms with Crippen molar-refractivity contribution in [1.82, 2.24) is 5.32 Å². The molecule has 0 aromatic rings. The summed E-state index contributed by atoms with van der Waals surface area (Å²) < 4.78 is 10.2. The molecule has 0 fully saturated rings. The van der Waals surface area contributed by atoms with Crippen LogP contribution in [0.2, 0.25) is 0 Å². The van der Waals surface area contributed by atoms with Gasteiger partial charge in [-0.3, -0.25) is 0 Å². The fraction of sp³-hybridized carbons (Fsp3) is 1.00. The van der Waals surface area contributed by atoms with E-state index in [1.54, 1.807) is 14.2 Å². The molecule has 3 N–H and O–H groups in total. The highest BCUT2D eigenvalue weighted by Gasteiger charge is 2.21.